The van der Waals surface area contributed by atoms with Gasteiger partial charge in [-0.15, -0.1) is 0 Å². The Bertz CT molecular complexity index is 487. The van der Waals surface area contributed by atoms with Gasteiger partial charge in [0.2, 0.25) is 0 Å². The summed E-state index contributed by atoms with van der Waals surface area (Å²) in [5, 5.41) is 10.5. The fourth-order valence-corrected chi connectivity index (χ4v) is 1.61. The molecule has 0 aromatic heterocycles. The number of rotatable bonds is 2. The average Bonchev–Trinajstić information content (AvgIpc) is 2.59. The molecule has 0 radical (unpaired) electrons. The molecule has 82 valence electrons. The molecule has 0 spiro atoms. The number of non-ortho nitro benzene ring substituents is 1. The normalized spacial score (nSPS) is 15.2. The minimum atomic E-state index is -0.474. The number of carbonyl (C=O) groups is 1. The van der Waals surface area contributed by atoms with Crippen LogP contribution in [-0.2, 0) is 9.53 Å². The van der Waals surface area contributed by atoms with E-state index in [0.717, 1.165) is 5.57 Å². The van der Waals surface area contributed by atoms with E-state index in [1.54, 1.807) is 12.1 Å². The number of cyclic esters (lactones) is 1. The van der Waals surface area contributed by atoms with E-state index in [2.05, 4.69) is 0 Å². The van der Waals surface area contributed by atoms with Gasteiger partial charge in [0.1, 0.15) is 6.61 Å². The molecule has 0 atom stereocenters. The zero-order valence-electron chi connectivity index (χ0n) is 8.60. The fraction of sp³-hybridized carbons (Fsp3) is 0.182. The van der Waals surface area contributed by atoms with Crippen LogP contribution in [-0.4, -0.2) is 17.5 Å². The van der Waals surface area contributed by atoms with Crippen LogP contribution in [0.1, 0.15) is 12.5 Å². The van der Waals surface area contributed by atoms with Crippen molar-refractivity contribution in [3.8, 4) is 0 Å². The van der Waals surface area contributed by atoms with Gasteiger partial charge < -0.3 is 4.74 Å². The Morgan fingerprint density at radius 1 is 1.31 bits per heavy atom. The lowest BCUT2D eigenvalue weighted by atomic mass is 10.0. The predicted molar refractivity (Wildman–Crippen MR) is 56.6 cm³/mol. The lowest BCUT2D eigenvalue weighted by Crippen LogP contribution is -1.98. The van der Waals surface area contributed by atoms with Crippen molar-refractivity contribution in [2.24, 2.45) is 0 Å². The molecule has 0 unspecified atom stereocenters. The summed E-state index contributed by atoms with van der Waals surface area (Å²) in [7, 11) is 0. The molecule has 5 nitrogen and oxygen atoms in total. The first-order valence-corrected chi connectivity index (χ1v) is 4.71. The number of nitrogens with zero attached hydrogens (tertiary/aromatic N) is 1. The van der Waals surface area contributed by atoms with Gasteiger partial charge in [0.15, 0.2) is 0 Å². The molecule has 0 fully saturated rings. The molecule has 0 aliphatic carbocycles. The molecule has 1 aromatic carbocycles. The van der Waals surface area contributed by atoms with Gasteiger partial charge in [-0.05, 0) is 30.2 Å². The Balaban J connectivity index is 2.39. The number of hydrogen-bond donors (Lipinski definition) is 0. The third-order valence-corrected chi connectivity index (χ3v) is 2.42. The van der Waals surface area contributed by atoms with Crippen molar-refractivity contribution < 1.29 is 14.5 Å². The van der Waals surface area contributed by atoms with Gasteiger partial charge in [-0.1, -0.05) is 0 Å². The van der Waals surface area contributed by atoms with Gasteiger partial charge in [0, 0.05) is 12.1 Å². The number of hydrogen-bond acceptors (Lipinski definition) is 4. The van der Waals surface area contributed by atoms with Crippen LogP contribution in [0.15, 0.2) is 29.8 Å². The quantitative estimate of drug-likeness (QED) is 0.433. The standard InChI is InChI=1S/C11H9NO4/c1-7-6-16-11(13)10(7)8-2-4-9(5-3-8)12(14)15/h2-5H,6H2,1H3. The van der Waals surface area contributed by atoms with Crippen molar-refractivity contribution in [1.29, 1.82) is 0 Å². The van der Waals surface area contributed by atoms with Crippen LogP contribution in [0, 0.1) is 10.1 Å². The van der Waals surface area contributed by atoms with Crippen LogP contribution < -0.4 is 0 Å². The van der Waals surface area contributed by atoms with Gasteiger partial charge in [0.05, 0.1) is 10.5 Å². The van der Waals surface area contributed by atoms with E-state index < -0.39 is 4.92 Å². The second-order valence-electron chi connectivity index (χ2n) is 3.54. The Labute approximate surface area is 91.5 Å². The minimum absolute atomic E-state index is 0.00775. The van der Waals surface area contributed by atoms with E-state index in [-0.39, 0.29) is 11.7 Å². The van der Waals surface area contributed by atoms with Crippen LogP contribution >= 0.6 is 0 Å². The van der Waals surface area contributed by atoms with E-state index in [1.807, 2.05) is 6.92 Å². The van der Waals surface area contributed by atoms with Gasteiger partial charge in [0.25, 0.3) is 5.69 Å². The van der Waals surface area contributed by atoms with Crippen LogP contribution in [0.4, 0.5) is 5.69 Å². The van der Waals surface area contributed by atoms with Crippen LogP contribution in [0.3, 0.4) is 0 Å². The smallest absolute Gasteiger partial charge is 0.339 e. The minimum Gasteiger partial charge on any atom is -0.458 e. The molecule has 0 N–H and O–H groups in total. The molecule has 1 heterocycles. The topological polar surface area (TPSA) is 69.4 Å². The maximum absolute atomic E-state index is 11.4. The third kappa shape index (κ3) is 1.67. The fourth-order valence-electron chi connectivity index (χ4n) is 1.61. The molecule has 2 rings (SSSR count). The number of ether oxygens (including phenoxy) is 1. The van der Waals surface area contributed by atoms with E-state index in [0.29, 0.717) is 17.7 Å². The first-order valence-electron chi connectivity index (χ1n) is 4.71. The van der Waals surface area contributed by atoms with Crippen molar-refractivity contribution >= 4 is 17.2 Å². The molecule has 1 aliphatic rings. The Hall–Kier alpha value is -2.17. The summed E-state index contributed by atoms with van der Waals surface area (Å²) in [6, 6.07) is 5.87. The van der Waals surface area contributed by atoms with E-state index in [9.17, 15) is 14.9 Å². The largest absolute Gasteiger partial charge is 0.458 e. The Kier molecular flexibility index (Phi) is 2.44. The lowest BCUT2D eigenvalue weighted by molar-refractivity contribution is -0.384. The summed E-state index contributed by atoms with van der Waals surface area (Å²) >= 11 is 0. The molecular formula is C11H9NO4. The molecule has 0 amide bonds. The average molecular weight is 219 g/mol. The number of nitro benzene ring substituents is 1. The molecule has 0 saturated carbocycles. The van der Waals surface area contributed by atoms with E-state index in [1.165, 1.54) is 12.1 Å². The van der Waals surface area contributed by atoms with E-state index >= 15 is 0 Å². The molecule has 5 heteroatoms. The highest BCUT2D eigenvalue weighted by Crippen LogP contribution is 2.27. The van der Waals surface area contributed by atoms with E-state index in [4.69, 9.17) is 4.74 Å². The molecule has 1 aromatic rings. The number of benzene rings is 1. The summed E-state index contributed by atoms with van der Waals surface area (Å²) < 4.78 is 4.86. The zero-order chi connectivity index (χ0) is 11.7. The highest BCUT2D eigenvalue weighted by molar-refractivity contribution is 6.19. The number of esters is 1. The molecule has 1 aliphatic heterocycles. The second kappa shape index (κ2) is 3.77. The second-order valence-corrected chi connectivity index (χ2v) is 3.54. The first-order chi connectivity index (χ1) is 7.59. The molecule has 0 saturated heterocycles. The summed E-state index contributed by atoms with van der Waals surface area (Å²) in [6.07, 6.45) is 0. The monoisotopic (exact) mass is 219 g/mol. The first kappa shape index (κ1) is 10.4. The van der Waals surface area contributed by atoms with Crippen LogP contribution in [0.2, 0.25) is 0 Å². The third-order valence-electron chi connectivity index (χ3n) is 2.42. The van der Waals surface area contributed by atoms with Crippen LogP contribution in [0.5, 0.6) is 0 Å². The van der Waals surface area contributed by atoms with Gasteiger partial charge in [-0.2, -0.15) is 0 Å². The van der Waals surface area contributed by atoms with Crippen LogP contribution in [0.25, 0.3) is 5.57 Å². The summed E-state index contributed by atoms with van der Waals surface area (Å²) in [5.41, 5.74) is 2.02. The predicted octanol–water partition coefficient (Wildman–Crippen LogP) is 1.93. The highest BCUT2D eigenvalue weighted by Gasteiger charge is 2.23. The maximum Gasteiger partial charge on any atom is 0.339 e. The SMILES string of the molecule is CC1=C(c2ccc([N+](=O)[O-])cc2)C(=O)OC1. The zero-order valence-corrected chi connectivity index (χ0v) is 8.60. The van der Waals surface area contributed by atoms with Gasteiger partial charge in [-0.3, -0.25) is 10.1 Å². The Morgan fingerprint density at radius 2 is 1.94 bits per heavy atom. The lowest BCUT2D eigenvalue weighted by Gasteiger charge is -2.00. The summed E-state index contributed by atoms with van der Waals surface area (Å²) in [4.78, 5) is 21.4. The molecule has 16 heavy (non-hydrogen) atoms. The van der Waals surface area contributed by atoms with Gasteiger partial charge in [-0.25, -0.2) is 4.79 Å². The summed E-state index contributed by atoms with van der Waals surface area (Å²) in [5.74, 6) is -0.369. The van der Waals surface area contributed by atoms with Crippen molar-refractivity contribution in [3.63, 3.8) is 0 Å². The maximum atomic E-state index is 11.4. The van der Waals surface area contributed by atoms with Gasteiger partial charge >= 0.3 is 5.97 Å². The van der Waals surface area contributed by atoms with Crippen molar-refractivity contribution in [3.05, 3.63) is 45.5 Å². The highest BCUT2D eigenvalue weighted by atomic mass is 16.6. The molecular weight excluding hydrogens is 210 g/mol. The Morgan fingerprint density at radius 3 is 2.38 bits per heavy atom. The van der Waals surface area contributed by atoms with Crippen molar-refractivity contribution in [1.82, 2.24) is 0 Å². The summed E-state index contributed by atoms with van der Waals surface area (Å²) in [6.45, 7) is 2.10. The van der Waals surface area contributed by atoms with Crippen molar-refractivity contribution in [2.75, 3.05) is 6.61 Å². The molecule has 0 bridgehead atoms. The number of nitro groups is 1. The van der Waals surface area contributed by atoms with Crippen molar-refractivity contribution in [2.45, 2.75) is 6.92 Å². The number of carbonyl (C=O) groups excluding carboxylic acids is 1.